The first-order valence-electron chi connectivity index (χ1n) is 9.64. The molecule has 3 atom stereocenters. The average Bonchev–Trinajstić information content (AvgIpc) is 3.01. The molecule has 1 saturated heterocycles. The molecule has 28 heavy (non-hydrogen) atoms. The van der Waals surface area contributed by atoms with Gasteiger partial charge in [0, 0.05) is 11.5 Å². The van der Waals surface area contributed by atoms with E-state index < -0.39 is 5.79 Å². The Kier molecular flexibility index (Phi) is 7.98. The molecular formula is C23H32O5. The zero-order chi connectivity index (χ0) is 20.7. The summed E-state index contributed by atoms with van der Waals surface area (Å²) in [4.78, 5) is 11.6. The van der Waals surface area contributed by atoms with Gasteiger partial charge < -0.3 is 18.9 Å². The summed E-state index contributed by atoms with van der Waals surface area (Å²) in [5.41, 5.74) is 2.65. The van der Waals surface area contributed by atoms with Crippen LogP contribution in [0.15, 0.2) is 53.6 Å². The highest BCUT2D eigenvalue weighted by atomic mass is 16.7. The van der Waals surface area contributed by atoms with Crippen molar-refractivity contribution < 1.29 is 23.7 Å². The first kappa shape index (κ1) is 22.3. The molecule has 1 aromatic rings. The van der Waals surface area contributed by atoms with Gasteiger partial charge in [-0.25, -0.2) is 4.79 Å². The van der Waals surface area contributed by atoms with E-state index in [1.165, 1.54) is 7.11 Å². The summed E-state index contributed by atoms with van der Waals surface area (Å²) < 4.78 is 22.9. The number of carbonyl (C=O) groups excluding carboxylic acids is 1. The molecular weight excluding hydrogens is 356 g/mol. The van der Waals surface area contributed by atoms with Gasteiger partial charge in [0.2, 0.25) is 0 Å². The van der Waals surface area contributed by atoms with Gasteiger partial charge in [-0.3, -0.25) is 0 Å². The first-order valence-corrected chi connectivity index (χ1v) is 9.64. The Labute approximate surface area is 168 Å². The van der Waals surface area contributed by atoms with Crippen molar-refractivity contribution in [3.63, 3.8) is 0 Å². The smallest absolute Gasteiger partial charge is 0.333 e. The lowest BCUT2D eigenvalue weighted by Crippen LogP contribution is -2.37. The summed E-state index contributed by atoms with van der Waals surface area (Å²) in [6.07, 6.45) is 3.58. The molecule has 5 nitrogen and oxygen atoms in total. The first-order chi connectivity index (χ1) is 13.2. The lowest BCUT2D eigenvalue weighted by atomic mass is 9.96. The predicted molar refractivity (Wildman–Crippen MR) is 109 cm³/mol. The highest BCUT2D eigenvalue weighted by molar-refractivity contribution is 5.88. The number of ether oxygens (including phenoxy) is 4. The maximum absolute atomic E-state index is 11.6. The van der Waals surface area contributed by atoms with Gasteiger partial charge in [0.1, 0.15) is 6.10 Å². The second-order valence-electron chi connectivity index (χ2n) is 7.72. The van der Waals surface area contributed by atoms with Gasteiger partial charge in [-0.15, -0.1) is 0 Å². The third-order valence-electron chi connectivity index (χ3n) is 4.68. The van der Waals surface area contributed by atoms with E-state index in [1.54, 1.807) is 6.92 Å². The summed E-state index contributed by atoms with van der Waals surface area (Å²) in [7, 11) is 1.38. The third-order valence-corrected chi connectivity index (χ3v) is 4.68. The predicted octanol–water partition coefficient (Wildman–Crippen LogP) is 4.43. The number of hydrogen-bond donors (Lipinski definition) is 0. The Morgan fingerprint density at radius 1 is 1.29 bits per heavy atom. The molecule has 1 aromatic carbocycles. The Hall–Kier alpha value is -1.95. The fourth-order valence-corrected chi connectivity index (χ4v) is 3.36. The number of allylic oxidation sites excluding steroid dienone is 2. The summed E-state index contributed by atoms with van der Waals surface area (Å²) in [6, 6.07) is 10.1. The molecule has 0 amide bonds. The molecule has 0 aromatic heterocycles. The Balaban J connectivity index is 2.15. The Morgan fingerprint density at radius 3 is 2.54 bits per heavy atom. The lowest BCUT2D eigenvalue weighted by molar-refractivity contribution is -0.161. The van der Waals surface area contributed by atoms with Crippen LogP contribution in [-0.4, -0.2) is 37.7 Å². The summed E-state index contributed by atoms with van der Waals surface area (Å²) in [5.74, 6) is -0.877. The number of hydrogen-bond acceptors (Lipinski definition) is 5. The van der Waals surface area contributed by atoms with Crippen LogP contribution in [0.2, 0.25) is 0 Å². The number of methoxy groups -OCH3 is 1. The molecule has 0 bridgehead atoms. The van der Waals surface area contributed by atoms with Crippen molar-refractivity contribution in [3.05, 3.63) is 59.2 Å². The van der Waals surface area contributed by atoms with E-state index in [4.69, 9.17) is 18.9 Å². The van der Waals surface area contributed by atoms with Crippen LogP contribution in [0.25, 0.3) is 0 Å². The fourth-order valence-electron chi connectivity index (χ4n) is 3.36. The molecule has 154 valence electrons. The van der Waals surface area contributed by atoms with Crippen LogP contribution in [0, 0.1) is 5.92 Å². The summed E-state index contributed by atoms with van der Waals surface area (Å²) in [5, 5.41) is 0. The van der Waals surface area contributed by atoms with Crippen LogP contribution in [0.1, 0.15) is 40.2 Å². The van der Waals surface area contributed by atoms with E-state index in [0.717, 1.165) is 11.1 Å². The van der Waals surface area contributed by atoms with Gasteiger partial charge in [0.05, 0.1) is 26.4 Å². The van der Waals surface area contributed by atoms with Gasteiger partial charge >= 0.3 is 5.97 Å². The van der Waals surface area contributed by atoms with E-state index in [2.05, 4.69) is 13.0 Å². The van der Waals surface area contributed by atoms with Gasteiger partial charge in [-0.1, -0.05) is 48.9 Å². The molecule has 1 heterocycles. The van der Waals surface area contributed by atoms with Crippen LogP contribution >= 0.6 is 0 Å². The molecule has 1 aliphatic rings. The monoisotopic (exact) mass is 388 g/mol. The summed E-state index contributed by atoms with van der Waals surface area (Å²) >= 11 is 0. The van der Waals surface area contributed by atoms with Crippen molar-refractivity contribution >= 4 is 5.97 Å². The zero-order valence-electron chi connectivity index (χ0n) is 17.7. The molecule has 1 fully saturated rings. The quantitative estimate of drug-likeness (QED) is 0.375. The number of carbonyl (C=O) groups is 1. The van der Waals surface area contributed by atoms with E-state index in [0.29, 0.717) is 18.8 Å². The van der Waals surface area contributed by atoms with Gasteiger partial charge in [0.15, 0.2) is 5.79 Å². The van der Waals surface area contributed by atoms with Gasteiger partial charge in [-0.05, 0) is 39.3 Å². The van der Waals surface area contributed by atoms with Gasteiger partial charge in [-0.2, -0.15) is 0 Å². The number of esters is 1. The van der Waals surface area contributed by atoms with Crippen molar-refractivity contribution in [1.29, 1.82) is 0 Å². The molecule has 5 heteroatoms. The van der Waals surface area contributed by atoms with Crippen LogP contribution < -0.4 is 0 Å². The van der Waals surface area contributed by atoms with Crippen LogP contribution in [0.5, 0.6) is 0 Å². The second kappa shape index (κ2) is 10.0. The fraction of sp³-hybridized carbons (Fsp3) is 0.522. The minimum absolute atomic E-state index is 0.0629. The van der Waals surface area contributed by atoms with E-state index >= 15 is 0 Å². The van der Waals surface area contributed by atoms with Crippen molar-refractivity contribution in [3.8, 4) is 0 Å². The minimum Gasteiger partial charge on any atom is -0.466 e. The molecule has 0 saturated carbocycles. The third kappa shape index (κ3) is 6.59. The summed E-state index contributed by atoms with van der Waals surface area (Å²) in [6.45, 7) is 10.6. The maximum atomic E-state index is 11.6. The van der Waals surface area contributed by atoms with E-state index in [9.17, 15) is 4.79 Å². The SMILES string of the molecule is COC(=O)/C(C)=C/C(C)=C/[C@@H](C)[C@H](OCc1ccccc1)[C@H]1COC(C)(C)O1. The van der Waals surface area contributed by atoms with E-state index in [-0.39, 0.29) is 24.1 Å². The lowest BCUT2D eigenvalue weighted by Gasteiger charge is -2.28. The number of benzene rings is 1. The highest BCUT2D eigenvalue weighted by Gasteiger charge is 2.39. The van der Waals surface area contributed by atoms with Crippen molar-refractivity contribution in [1.82, 2.24) is 0 Å². The highest BCUT2D eigenvalue weighted by Crippen LogP contribution is 2.29. The second-order valence-corrected chi connectivity index (χ2v) is 7.72. The Bertz CT molecular complexity index is 705. The molecule has 0 radical (unpaired) electrons. The van der Waals surface area contributed by atoms with Crippen molar-refractivity contribution in [2.24, 2.45) is 5.92 Å². The molecule has 1 aliphatic heterocycles. The van der Waals surface area contributed by atoms with Crippen LogP contribution in [0.3, 0.4) is 0 Å². The zero-order valence-corrected chi connectivity index (χ0v) is 17.7. The van der Waals surface area contributed by atoms with Crippen LogP contribution in [0.4, 0.5) is 0 Å². The van der Waals surface area contributed by atoms with E-state index in [1.807, 2.05) is 57.2 Å². The van der Waals surface area contributed by atoms with Gasteiger partial charge in [0.25, 0.3) is 0 Å². The topological polar surface area (TPSA) is 54.0 Å². The maximum Gasteiger partial charge on any atom is 0.333 e. The molecule has 2 rings (SSSR count). The van der Waals surface area contributed by atoms with Crippen LogP contribution in [-0.2, 0) is 30.3 Å². The molecule has 0 unspecified atom stereocenters. The minimum atomic E-state index is -0.612. The molecule has 0 spiro atoms. The van der Waals surface area contributed by atoms with Crippen molar-refractivity contribution in [2.75, 3.05) is 13.7 Å². The largest absolute Gasteiger partial charge is 0.466 e. The normalized spacial score (nSPS) is 22.0. The molecule has 0 N–H and O–H groups in total. The number of rotatable bonds is 8. The standard InChI is InChI=1S/C23H32O5/c1-16(13-18(3)22(24)25-6)12-17(2)21(20-15-27-23(4,5)28-20)26-14-19-10-8-7-9-11-19/h7-13,17,20-21H,14-15H2,1-6H3/b16-12+,18-13+/t17-,20-,21+/m1/s1. The molecule has 0 aliphatic carbocycles. The Morgan fingerprint density at radius 2 is 1.96 bits per heavy atom. The average molecular weight is 389 g/mol. The van der Waals surface area contributed by atoms with Crippen molar-refractivity contribution in [2.45, 2.75) is 59.2 Å².